The van der Waals surface area contributed by atoms with E-state index >= 15 is 0 Å². The second kappa shape index (κ2) is 11.5. The SMILES string of the molecule is Cc1cccc(NC(=O)CN(C)C(=O)CCC(=O)N(CCC#N)c2ccccc2)c1C. The fraction of sp³-hybridized carbons (Fsp3) is 0.333. The number of hydrogen-bond donors (Lipinski definition) is 1. The van der Waals surface area contributed by atoms with E-state index in [9.17, 15) is 14.4 Å². The molecular weight excluding hydrogens is 392 g/mol. The maximum atomic E-state index is 12.7. The minimum Gasteiger partial charge on any atom is -0.336 e. The molecule has 2 rings (SSSR count). The van der Waals surface area contributed by atoms with Gasteiger partial charge in [-0.25, -0.2) is 0 Å². The van der Waals surface area contributed by atoms with Crippen LogP contribution in [0.2, 0.25) is 0 Å². The van der Waals surface area contributed by atoms with Gasteiger partial charge in [-0.2, -0.15) is 5.26 Å². The van der Waals surface area contributed by atoms with Gasteiger partial charge >= 0.3 is 0 Å². The number of para-hydroxylation sites is 1. The number of carbonyl (C=O) groups is 3. The first-order valence-electron chi connectivity index (χ1n) is 10.2. The van der Waals surface area contributed by atoms with Crippen molar-refractivity contribution in [2.45, 2.75) is 33.1 Å². The molecule has 0 saturated heterocycles. The Kier molecular flexibility index (Phi) is 8.77. The van der Waals surface area contributed by atoms with Crippen molar-refractivity contribution >= 4 is 29.1 Å². The zero-order valence-electron chi connectivity index (χ0n) is 18.2. The number of anilines is 2. The Hall–Kier alpha value is -3.66. The summed E-state index contributed by atoms with van der Waals surface area (Å²) in [6.07, 6.45) is 0.192. The van der Waals surface area contributed by atoms with Gasteiger partial charge in [0.2, 0.25) is 17.7 Å². The van der Waals surface area contributed by atoms with Gasteiger partial charge in [-0.1, -0.05) is 30.3 Å². The van der Waals surface area contributed by atoms with Crippen LogP contribution in [-0.4, -0.2) is 42.8 Å². The van der Waals surface area contributed by atoms with Gasteiger partial charge in [0.05, 0.1) is 19.0 Å². The molecule has 0 bridgehead atoms. The van der Waals surface area contributed by atoms with Gasteiger partial charge in [0, 0.05) is 37.8 Å². The molecule has 0 aliphatic rings. The number of rotatable bonds is 9. The number of nitrogens with one attached hydrogen (secondary N) is 1. The highest BCUT2D eigenvalue weighted by Gasteiger charge is 2.19. The minimum absolute atomic E-state index is 0.00209. The van der Waals surface area contributed by atoms with E-state index in [1.807, 2.05) is 56.3 Å². The summed E-state index contributed by atoms with van der Waals surface area (Å²) >= 11 is 0. The van der Waals surface area contributed by atoms with E-state index in [0.29, 0.717) is 5.69 Å². The van der Waals surface area contributed by atoms with Gasteiger partial charge in [-0.15, -0.1) is 0 Å². The van der Waals surface area contributed by atoms with Gasteiger partial charge in [-0.05, 0) is 43.2 Å². The lowest BCUT2D eigenvalue weighted by atomic mass is 10.1. The molecule has 3 amide bonds. The van der Waals surface area contributed by atoms with Crippen LogP contribution in [0.5, 0.6) is 0 Å². The Bertz CT molecular complexity index is 967. The number of benzene rings is 2. The average molecular weight is 421 g/mol. The molecule has 7 nitrogen and oxygen atoms in total. The minimum atomic E-state index is -0.296. The van der Waals surface area contributed by atoms with Crippen LogP contribution in [0.25, 0.3) is 0 Å². The van der Waals surface area contributed by atoms with Gasteiger partial charge in [0.25, 0.3) is 0 Å². The Morgan fingerprint density at radius 3 is 2.32 bits per heavy atom. The molecule has 7 heteroatoms. The van der Waals surface area contributed by atoms with Crippen LogP contribution < -0.4 is 10.2 Å². The molecule has 0 radical (unpaired) electrons. The molecule has 0 aliphatic carbocycles. The van der Waals surface area contributed by atoms with Gasteiger partial charge in [0.1, 0.15) is 0 Å². The van der Waals surface area contributed by atoms with E-state index in [0.717, 1.165) is 16.8 Å². The molecule has 0 fully saturated rings. The third kappa shape index (κ3) is 6.96. The zero-order valence-corrected chi connectivity index (χ0v) is 18.2. The first-order valence-corrected chi connectivity index (χ1v) is 10.2. The normalized spacial score (nSPS) is 10.1. The topological polar surface area (TPSA) is 93.5 Å². The lowest BCUT2D eigenvalue weighted by Gasteiger charge is -2.22. The molecule has 162 valence electrons. The molecule has 0 unspecified atom stereocenters. The van der Waals surface area contributed by atoms with Crippen LogP contribution in [0, 0.1) is 25.2 Å². The van der Waals surface area contributed by atoms with Crippen LogP contribution in [0.15, 0.2) is 48.5 Å². The second-order valence-corrected chi connectivity index (χ2v) is 7.33. The standard InChI is InChI=1S/C24H28N4O3/c1-18-9-7-12-21(19(18)2)26-22(29)17-27(3)23(30)13-14-24(31)28(16-8-15-25)20-10-5-4-6-11-20/h4-7,9-12H,8,13-14,16-17H2,1-3H3,(H,26,29). The van der Waals surface area contributed by atoms with Crippen LogP contribution in [0.3, 0.4) is 0 Å². The van der Waals surface area contributed by atoms with Crippen molar-refractivity contribution in [3.05, 3.63) is 59.7 Å². The second-order valence-electron chi connectivity index (χ2n) is 7.33. The maximum Gasteiger partial charge on any atom is 0.243 e. The fourth-order valence-corrected chi connectivity index (χ4v) is 3.09. The third-order valence-electron chi connectivity index (χ3n) is 5.05. The van der Waals surface area contributed by atoms with Gasteiger partial charge < -0.3 is 15.1 Å². The molecule has 2 aromatic carbocycles. The summed E-state index contributed by atoms with van der Waals surface area (Å²) in [5.41, 5.74) is 3.46. The summed E-state index contributed by atoms with van der Waals surface area (Å²) in [7, 11) is 1.54. The summed E-state index contributed by atoms with van der Waals surface area (Å²) in [5.74, 6) is -0.823. The predicted molar refractivity (Wildman–Crippen MR) is 120 cm³/mol. The summed E-state index contributed by atoms with van der Waals surface area (Å²) in [6, 6.07) is 16.8. The lowest BCUT2D eigenvalue weighted by molar-refractivity contribution is -0.134. The summed E-state index contributed by atoms with van der Waals surface area (Å²) in [4.78, 5) is 40.3. The number of hydrogen-bond acceptors (Lipinski definition) is 4. The summed E-state index contributed by atoms with van der Waals surface area (Å²) in [6.45, 7) is 4.06. The van der Waals surface area contributed by atoms with Crippen molar-refractivity contribution in [2.24, 2.45) is 0 Å². The van der Waals surface area contributed by atoms with E-state index in [1.54, 1.807) is 19.2 Å². The number of nitrogens with zero attached hydrogens (tertiary/aromatic N) is 3. The predicted octanol–water partition coefficient (Wildman–Crippen LogP) is 3.43. The summed E-state index contributed by atoms with van der Waals surface area (Å²) < 4.78 is 0. The van der Waals surface area contributed by atoms with Gasteiger partial charge in [0.15, 0.2) is 0 Å². The van der Waals surface area contributed by atoms with E-state index in [-0.39, 0.29) is 50.1 Å². The van der Waals surface area contributed by atoms with Crippen molar-refractivity contribution in [1.82, 2.24) is 4.90 Å². The molecule has 1 N–H and O–H groups in total. The number of carbonyl (C=O) groups excluding carboxylic acids is 3. The fourth-order valence-electron chi connectivity index (χ4n) is 3.09. The van der Waals surface area contributed by atoms with Crippen LogP contribution in [-0.2, 0) is 14.4 Å². The van der Waals surface area contributed by atoms with Crippen LogP contribution in [0.1, 0.15) is 30.4 Å². The molecular formula is C24H28N4O3. The van der Waals surface area contributed by atoms with Crippen LogP contribution >= 0.6 is 0 Å². The largest absolute Gasteiger partial charge is 0.336 e. The lowest BCUT2D eigenvalue weighted by Crippen LogP contribution is -2.36. The molecule has 31 heavy (non-hydrogen) atoms. The van der Waals surface area contributed by atoms with Crippen molar-refractivity contribution in [2.75, 3.05) is 30.4 Å². The third-order valence-corrected chi connectivity index (χ3v) is 5.05. The average Bonchev–Trinajstić information content (AvgIpc) is 2.76. The number of nitriles is 1. The van der Waals surface area contributed by atoms with Crippen molar-refractivity contribution in [3.63, 3.8) is 0 Å². The molecule has 0 spiro atoms. The smallest absolute Gasteiger partial charge is 0.243 e. The quantitative estimate of drug-likeness (QED) is 0.673. The maximum absolute atomic E-state index is 12.7. The van der Waals surface area contributed by atoms with Crippen molar-refractivity contribution in [3.8, 4) is 6.07 Å². The molecule has 0 atom stereocenters. The summed E-state index contributed by atoms with van der Waals surface area (Å²) in [5, 5.41) is 11.7. The van der Waals surface area contributed by atoms with E-state index in [1.165, 1.54) is 9.80 Å². The number of aryl methyl sites for hydroxylation is 1. The number of likely N-dealkylation sites (N-methyl/N-ethyl adjacent to an activating group) is 1. The molecule has 0 saturated carbocycles. The Morgan fingerprint density at radius 2 is 1.65 bits per heavy atom. The van der Waals surface area contributed by atoms with E-state index < -0.39 is 0 Å². The highest BCUT2D eigenvalue weighted by molar-refractivity contribution is 5.97. The van der Waals surface area contributed by atoms with Crippen molar-refractivity contribution in [1.29, 1.82) is 5.26 Å². The highest BCUT2D eigenvalue weighted by Crippen LogP contribution is 2.18. The molecule has 0 aliphatic heterocycles. The molecule has 0 heterocycles. The van der Waals surface area contributed by atoms with Crippen LogP contribution in [0.4, 0.5) is 11.4 Å². The number of amides is 3. The Morgan fingerprint density at radius 1 is 0.968 bits per heavy atom. The first-order chi connectivity index (χ1) is 14.8. The van der Waals surface area contributed by atoms with Crippen molar-refractivity contribution < 1.29 is 14.4 Å². The Labute approximate surface area is 183 Å². The van der Waals surface area contributed by atoms with E-state index in [2.05, 4.69) is 5.32 Å². The van der Waals surface area contributed by atoms with E-state index in [4.69, 9.17) is 5.26 Å². The monoisotopic (exact) mass is 420 g/mol. The zero-order chi connectivity index (χ0) is 22.8. The Balaban J connectivity index is 1.89. The van der Waals surface area contributed by atoms with Gasteiger partial charge in [-0.3, -0.25) is 14.4 Å². The molecule has 2 aromatic rings. The highest BCUT2D eigenvalue weighted by atomic mass is 16.2. The molecule has 0 aromatic heterocycles. The first kappa shape index (κ1) is 23.6.